The highest BCUT2D eigenvalue weighted by Gasteiger charge is 2.51. The highest BCUT2D eigenvalue weighted by atomic mass is 19.1. The molecule has 3 heterocycles. The lowest BCUT2D eigenvalue weighted by Crippen LogP contribution is -2.61. The minimum Gasteiger partial charge on any atom is -0.493 e. The Balaban J connectivity index is 1.11. The second-order valence-electron chi connectivity index (χ2n) is 12.7. The van der Waals surface area contributed by atoms with Crippen molar-refractivity contribution in [1.82, 2.24) is 9.80 Å². The molecular weight excluding hydrogens is 540 g/mol. The normalized spacial score (nSPS) is 21.1. The van der Waals surface area contributed by atoms with Crippen LogP contribution in [0.3, 0.4) is 0 Å². The molecule has 0 bridgehead atoms. The molecule has 0 N–H and O–H groups in total. The van der Waals surface area contributed by atoms with Crippen molar-refractivity contribution in [2.75, 3.05) is 39.4 Å². The van der Waals surface area contributed by atoms with Crippen LogP contribution in [0, 0.1) is 17.0 Å². The Morgan fingerprint density at radius 2 is 1.88 bits per heavy atom. The Kier molecular flexibility index (Phi) is 7.89. The molecule has 1 spiro atoms. The highest BCUT2D eigenvalue weighted by molar-refractivity contribution is 5.85. The van der Waals surface area contributed by atoms with Crippen LogP contribution in [0.1, 0.15) is 76.3 Å². The van der Waals surface area contributed by atoms with E-state index in [0.29, 0.717) is 30.4 Å². The first-order valence-electron chi connectivity index (χ1n) is 15.4. The van der Waals surface area contributed by atoms with Gasteiger partial charge in [0.1, 0.15) is 23.2 Å². The summed E-state index contributed by atoms with van der Waals surface area (Å²) in [7, 11) is 0. The predicted octanol–water partition coefficient (Wildman–Crippen LogP) is 6.25. The van der Waals surface area contributed by atoms with E-state index in [9.17, 15) is 13.6 Å². The number of hydrogen-bond donors (Lipinski definition) is 0. The Morgan fingerprint density at radius 3 is 2.55 bits per heavy atom. The summed E-state index contributed by atoms with van der Waals surface area (Å²) in [5, 5.41) is 4.48. The molecule has 3 fully saturated rings. The van der Waals surface area contributed by atoms with Crippen molar-refractivity contribution < 1.29 is 27.9 Å². The number of amidine groups is 1. The van der Waals surface area contributed by atoms with Crippen LogP contribution in [-0.2, 0) is 20.9 Å². The predicted molar refractivity (Wildman–Crippen MR) is 156 cm³/mol. The van der Waals surface area contributed by atoms with Gasteiger partial charge in [-0.25, -0.2) is 8.78 Å². The molecule has 2 saturated heterocycles. The van der Waals surface area contributed by atoms with E-state index in [1.807, 2.05) is 26.8 Å². The summed E-state index contributed by atoms with van der Waals surface area (Å²) >= 11 is 0. The van der Waals surface area contributed by atoms with E-state index in [0.717, 1.165) is 99.8 Å². The van der Waals surface area contributed by atoms with Crippen LogP contribution < -0.4 is 4.74 Å². The van der Waals surface area contributed by atoms with Crippen LogP contribution in [0.2, 0.25) is 0 Å². The third-order valence-corrected chi connectivity index (χ3v) is 9.13. The monoisotopic (exact) mass is 581 g/mol. The van der Waals surface area contributed by atoms with E-state index in [-0.39, 0.29) is 11.6 Å². The maximum atomic E-state index is 15.0. The topological polar surface area (TPSA) is 63.6 Å². The summed E-state index contributed by atoms with van der Waals surface area (Å²) in [5.74, 6) is 0.742. The van der Waals surface area contributed by atoms with Gasteiger partial charge in [0.05, 0.1) is 25.0 Å². The first-order chi connectivity index (χ1) is 20.2. The van der Waals surface area contributed by atoms with E-state index in [1.165, 1.54) is 12.1 Å². The molecule has 0 atom stereocenters. The van der Waals surface area contributed by atoms with E-state index in [1.54, 1.807) is 0 Å². The zero-order valence-electron chi connectivity index (χ0n) is 24.9. The Labute approximate surface area is 246 Å². The molecule has 4 aliphatic rings. The van der Waals surface area contributed by atoms with Gasteiger partial charge in [0.2, 0.25) is 0 Å². The van der Waals surface area contributed by atoms with Crippen LogP contribution in [0.25, 0.3) is 11.1 Å². The van der Waals surface area contributed by atoms with Crippen LogP contribution in [-0.4, -0.2) is 66.6 Å². The number of piperidine rings is 1. The lowest BCUT2D eigenvalue weighted by atomic mass is 9.80. The van der Waals surface area contributed by atoms with Crippen LogP contribution in [0.5, 0.6) is 5.75 Å². The maximum Gasteiger partial charge on any atom is 0.311 e. The van der Waals surface area contributed by atoms with Crippen molar-refractivity contribution in [2.45, 2.75) is 77.4 Å². The molecule has 7 nitrogen and oxygen atoms in total. The standard InChI is InChI=1S/C33H41F2N3O4/c1-4-14-41-28-16-22(15-26(23-6-7-23)30(28)25-9-8-24(34)17-27(25)35)19-37-20-33(21-37)18-29(36-42-33)38-12-10-32(3,11-13-38)31(39)40-5-2/h8-9,15-17,23H,4-7,10-14,18-21H2,1-3H3. The molecule has 2 aromatic rings. The molecule has 2 aromatic carbocycles. The molecule has 0 unspecified atom stereocenters. The Morgan fingerprint density at radius 1 is 1.12 bits per heavy atom. The summed E-state index contributed by atoms with van der Waals surface area (Å²) in [6.45, 7) is 10.6. The summed E-state index contributed by atoms with van der Waals surface area (Å²) in [5.41, 5.74) is 2.61. The second kappa shape index (κ2) is 11.5. The Bertz CT molecular complexity index is 1360. The number of nitrogens with zero attached hydrogens (tertiary/aromatic N) is 3. The molecule has 3 aliphatic heterocycles. The largest absolute Gasteiger partial charge is 0.493 e. The van der Waals surface area contributed by atoms with E-state index >= 15 is 0 Å². The number of oxime groups is 1. The Hall–Kier alpha value is -3.20. The van der Waals surface area contributed by atoms with E-state index in [2.05, 4.69) is 21.0 Å². The molecule has 226 valence electrons. The molecule has 0 radical (unpaired) electrons. The highest BCUT2D eigenvalue weighted by Crippen LogP contribution is 2.49. The molecular formula is C33H41F2N3O4. The molecule has 9 heteroatoms. The number of hydrogen-bond acceptors (Lipinski definition) is 7. The van der Waals surface area contributed by atoms with Crippen molar-refractivity contribution in [3.05, 3.63) is 53.1 Å². The average molecular weight is 582 g/mol. The lowest BCUT2D eigenvalue weighted by molar-refractivity contribution is -0.156. The van der Waals surface area contributed by atoms with Crippen LogP contribution in [0.15, 0.2) is 35.5 Å². The molecule has 6 rings (SSSR count). The fourth-order valence-corrected chi connectivity index (χ4v) is 6.56. The quantitative estimate of drug-likeness (QED) is 0.326. The fraction of sp³-hybridized carbons (Fsp3) is 0.576. The van der Waals surface area contributed by atoms with Crippen LogP contribution in [0.4, 0.5) is 8.78 Å². The SMILES string of the molecule is CCCOc1cc(CN2CC3(CC(N4CCC(C)(C(=O)OCC)CC4)=NO3)C2)cc(C2CC2)c1-c1ccc(F)cc1F. The van der Waals surface area contributed by atoms with Crippen molar-refractivity contribution >= 4 is 11.8 Å². The van der Waals surface area contributed by atoms with Crippen molar-refractivity contribution in [1.29, 1.82) is 0 Å². The zero-order chi connectivity index (χ0) is 29.5. The third-order valence-electron chi connectivity index (χ3n) is 9.13. The number of carbonyl (C=O) groups excluding carboxylic acids is 1. The van der Waals surface area contributed by atoms with Gasteiger partial charge in [-0.15, -0.1) is 0 Å². The van der Waals surface area contributed by atoms with Gasteiger partial charge < -0.3 is 19.2 Å². The number of benzene rings is 2. The van der Waals surface area contributed by atoms with Gasteiger partial charge in [0.15, 0.2) is 5.60 Å². The van der Waals surface area contributed by atoms with Gasteiger partial charge in [-0.1, -0.05) is 18.1 Å². The van der Waals surface area contributed by atoms with Gasteiger partial charge in [0, 0.05) is 49.9 Å². The number of rotatable bonds is 9. The molecule has 0 aromatic heterocycles. The summed E-state index contributed by atoms with van der Waals surface area (Å²) < 4.78 is 40.2. The number of carbonyl (C=O) groups is 1. The molecule has 0 amide bonds. The fourth-order valence-electron chi connectivity index (χ4n) is 6.56. The first-order valence-corrected chi connectivity index (χ1v) is 15.4. The van der Waals surface area contributed by atoms with Crippen molar-refractivity contribution in [3.63, 3.8) is 0 Å². The van der Waals surface area contributed by atoms with Gasteiger partial charge in [-0.2, -0.15) is 0 Å². The minimum absolute atomic E-state index is 0.107. The number of halogens is 2. The molecule has 42 heavy (non-hydrogen) atoms. The molecule has 1 aliphatic carbocycles. The summed E-state index contributed by atoms with van der Waals surface area (Å²) in [6, 6.07) is 8.00. The van der Waals surface area contributed by atoms with Crippen molar-refractivity contribution in [3.8, 4) is 16.9 Å². The second-order valence-corrected chi connectivity index (χ2v) is 12.7. The minimum atomic E-state index is -0.583. The van der Waals surface area contributed by atoms with E-state index in [4.69, 9.17) is 14.3 Å². The van der Waals surface area contributed by atoms with Gasteiger partial charge in [-0.05, 0) is 81.2 Å². The smallest absolute Gasteiger partial charge is 0.311 e. The van der Waals surface area contributed by atoms with Gasteiger partial charge >= 0.3 is 5.97 Å². The lowest BCUT2D eigenvalue weighted by Gasteiger charge is -2.46. The van der Waals surface area contributed by atoms with Crippen LogP contribution >= 0.6 is 0 Å². The number of ether oxygens (including phenoxy) is 2. The summed E-state index contributed by atoms with van der Waals surface area (Å²) in [6.07, 6.45) is 5.20. The first kappa shape index (κ1) is 28.9. The average Bonchev–Trinajstić information content (AvgIpc) is 3.71. The number of esters is 1. The molecule has 1 saturated carbocycles. The van der Waals surface area contributed by atoms with E-state index < -0.39 is 17.0 Å². The summed E-state index contributed by atoms with van der Waals surface area (Å²) in [4.78, 5) is 23.0. The third kappa shape index (κ3) is 5.72. The van der Waals surface area contributed by atoms with Crippen molar-refractivity contribution in [2.24, 2.45) is 10.6 Å². The van der Waals surface area contributed by atoms with Gasteiger partial charge in [0.25, 0.3) is 0 Å². The number of likely N-dealkylation sites (tertiary alicyclic amines) is 2. The van der Waals surface area contributed by atoms with Gasteiger partial charge in [-0.3, -0.25) is 9.69 Å². The maximum absolute atomic E-state index is 15.0. The zero-order valence-corrected chi connectivity index (χ0v) is 24.9.